The van der Waals surface area contributed by atoms with E-state index in [0.29, 0.717) is 45.0 Å². The Kier molecular flexibility index (Phi) is 30.4. The van der Waals surface area contributed by atoms with E-state index in [1.807, 2.05) is 84.9 Å². The molecule has 0 fully saturated rings. The topological polar surface area (TPSA) is 403 Å². The number of allylic oxidation sites excluding steroid dienone is 1. The highest BCUT2D eigenvalue weighted by atomic mass is 19.4. The lowest BCUT2D eigenvalue weighted by Crippen LogP contribution is -2.19. The number of benzene rings is 11. The molecule has 25 nitrogen and oxygen atoms in total. The summed E-state index contributed by atoms with van der Waals surface area (Å²) < 4.78 is 62.8. The molecule has 114 heavy (non-hydrogen) atoms. The van der Waals surface area contributed by atoms with Crippen molar-refractivity contribution in [2.45, 2.75) is 6.18 Å². The number of hydrogen-bond donors (Lipinski definition) is 2. The van der Waals surface area contributed by atoms with Crippen molar-refractivity contribution in [2.24, 2.45) is 0 Å². The van der Waals surface area contributed by atoms with Crippen LogP contribution in [0.2, 0.25) is 0 Å². The van der Waals surface area contributed by atoms with Crippen LogP contribution in [0.25, 0.3) is 32.3 Å². The lowest BCUT2D eigenvalue weighted by atomic mass is 9.97. The summed E-state index contributed by atoms with van der Waals surface area (Å²) in [5.74, 6) is -5.99. The van der Waals surface area contributed by atoms with Crippen molar-refractivity contribution >= 4 is 75.8 Å². The minimum atomic E-state index is -4.49. The minimum absolute atomic E-state index is 0.0278. The Hall–Kier alpha value is -17.1. The molecule has 1 aliphatic heterocycles. The number of halogens is 4. The van der Waals surface area contributed by atoms with E-state index in [9.17, 15) is 76.1 Å². The van der Waals surface area contributed by atoms with Crippen LogP contribution in [0.5, 0.6) is 5.75 Å². The highest BCUT2D eigenvalue weighted by Crippen LogP contribution is 2.45. The first-order chi connectivity index (χ1) is 54.7. The Labute approximate surface area is 642 Å². The second-order valence-corrected chi connectivity index (χ2v) is 22.5. The van der Waals surface area contributed by atoms with Gasteiger partial charge in [-0.25, -0.2) is 53.0 Å². The molecule has 14 rings (SSSR count). The van der Waals surface area contributed by atoms with Crippen LogP contribution in [0.15, 0.2) is 291 Å². The van der Waals surface area contributed by atoms with Crippen molar-refractivity contribution in [3.63, 3.8) is 0 Å². The number of nitro benzene ring substituents is 2. The maximum atomic E-state index is 12.3. The van der Waals surface area contributed by atoms with Gasteiger partial charge >= 0.3 is 48.0 Å². The van der Waals surface area contributed by atoms with Crippen molar-refractivity contribution in [2.75, 3.05) is 0 Å². The number of cyclic esters (lactones) is 2. The maximum absolute atomic E-state index is 12.3. The molecule has 0 amide bonds. The molecule has 29 heteroatoms. The molecule has 0 radical (unpaired) electrons. The van der Waals surface area contributed by atoms with Crippen molar-refractivity contribution in [3.8, 4) is 41.2 Å². The molecule has 11 aromatic carbocycles. The van der Waals surface area contributed by atoms with Gasteiger partial charge in [-0.05, 0) is 143 Å². The molecule has 0 saturated heterocycles. The van der Waals surface area contributed by atoms with E-state index >= 15 is 0 Å². The Bertz CT molecular complexity index is 5760. The van der Waals surface area contributed by atoms with Gasteiger partial charge in [0.1, 0.15) is 30.0 Å². The van der Waals surface area contributed by atoms with Crippen LogP contribution in [0.4, 0.5) is 28.9 Å². The number of aldehydes is 1. The fraction of sp³-hybridized carbons (Fsp3) is 0.0118. The number of carbonyl (C=O) groups excluding carboxylic acids is 6. The zero-order chi connectivity index (χ0) is 82.9. The largest absolute Gasteiger partial charge is 0.478 e. The average Bonchev–Trinajstić information content (AvgIpc) is 1.70. The van der Waals surface area contributed by atoms with Gasteiger partial charge in [-0.15, -0.1) is 0 Å². The van der Waals surface area contributed by atoms with Crippen LogP contribution in [0, 0.1) is 77.9 Å². The van der Waals surface area contributed by atoms with Crippen LogP contribution < -0.4 is 4.74 Å². The molecule has 1 aliphatic carbocycles. The minimum Gasteiger partial charge on any atom is -0.478 e. The molecule has 12 aromatic rings. The lowest BCUT2D eigenvalue weighted by molar-refractivity contribution is -0.385. The van der Waals surface area contributed by atoms with Crippen LogP contribution in [0.1, 0.15) is 116 Å². The number of esters is 5. The van der Waals surface area contributed by atoms with Gasteiger partial charge in [-0.2, -0.15) is 29.0 Å². The number of aromatic nitrogens is 1. The van der Waals surface area contributed by atoms with Gasteiger partial charge in [0.15, 0.2) is 5.69 Å². The molecular weight excluding hydrogens is 1480 g/mol. The van der Waals surface area contributed by atoms with Gasteiger partial charge in [-0.1, -0.05) is 140 Å². The molecule has 1 aromatic heterocycles. The van der Waals surface area contributed by atoms with Crippen molar-refractivity contribution in [1.82, 2.24) is 4.98 Å². The number of nitro groups is 2. The quantitative estimate of drug-likeness (QED) is 0.0156. The van der Waals surface area contributed by atoms with Crippen LogP contribution >= 0.6 is 0 Å². The Balaban J connectivity index is 0.000000183. The second-order valence-electron chi connectivity index (χ2n) is 22.5. The van der Waals surface area contributed by atoms with Crippen LogP contribution in [-0.4, -0.2) is 73.1 Å². The van der Waals surface area contributed by atoms with Crippen molar-refractivity contribution < 1.29 is 90.2 Å². The van der Waals surface area contributed by atoms with Gasteiger partial charge in [0.25, 0.3) is 17.1 Å². The number of nitrogens with zero attached hydrogens (tertiary/aromatic N) is 8. The fourth-order valence-corrected chi connectivity index (χ4v) is 9.90. The SMILES string of the molecule is N#Cc1cccc(C=O)c1.N#Cc1cccnc1C#N.O=C(O)c1cccc(C(F)(F)F)c1.O=C(O)c1cccc(F)c1.O=C(OC(=O)c1ccc([N+](=O)[O-])cc1)c1ccccc1.O=C(Oc1ccccc1)c1cccc([N+](=O)[O-])c1.O=C1OC(=O)c2cccc3cccc1c23.[C-]#[N+]C(C#N)=C1c2ccccc2-c2ccccc21. The number of alkyl halides is 3. The van der Waals surface area contributed by atoms with E-state index in [0.717, 1.165) is 63.8 Å². The smallest absolute Gasteiger partial charge is 0.416 e. The van der Waals surface area contributed by atoms with E-state index in [1.165, 1.54) is 85.1 Å². The first kappa shape index (κ1) is 84.2. The number of nitriles is 4. The normalized spacial score (nSPS) is 10.4. The van der Waals surface area contributed by atoms with E-state index in [2.05, 4.69) is 19.3 Å². The number of fused-ring (bicyclic) bond motifs is 3. The molecular formula is C85H50F4N8O17. The third-order valence-corrected chi connectivity index (χ3v) is 15.1. The number of rotatable bonds is 9. The molecule has 560 valence electrons. The summed E-state index contributed by atoms with van der Waals surface area (Å²) in [6.07, 6.45) is -2.29. The molecule has 0 bridgehead atoms. The fourth-order valence-electron chi connectivity index (χ4n) is 9.90. The van der Waals surface area contributed by atoms with E-state index in [1.54, 1.807) is 109 Å². The molecule has 2 N–H and O–H groups in total. The Morgan fingerprint density at radius 2 is 1.00 bits per heavy atom. The maximum Gasteiger partial charge on any atom is 0.416 e. The lowest BCUT2D eigenvalue weighted by Gasteiger charge is -2.14. The second kappa shape index (κ2) is 41.1. The summed E-state index contributed by atoms with van der Waals surface area (Å²) in [4.78, 5) is 116. The molecule has 0 spiro atoms. The number of aromatic carboxylic acids is 2. The Morgan fingerprint density at radius 1 is 0.509 bits per heavy atom. The summed E-state index contributed by atoms with van der Waals surface area (Å²) in [6.45, 7) is 7.15. The molecule has 2 heterocycles. The predicted molar refractivity (Wildman–Crippen MR) is 400 cm³/mol. The van der Waals surface area contributed by atoms with Crippen LogP contribution in [-0.2, 0) is 15.7 Å². The predicted octanol–water partition coefficient (Wildman–Crippen LogP) is 17.5. The average molecular weight is 1530 g/mol. The first-order valence-electron chi connectivity index (χ1n) is 32.4. The number of pyridine rings is 1. The highest BCUT2D eigenvalue weighted by molar-refractivity contribution is 6.20. The molecule has 0 unspecified atom stereocenters. The van der Waals surface area contributed by atoms with Crippen molar-refractivity contribution in [1.29, 1.82) is 21.0 Å². The zero-order valence-corrected chi connectivity index (χ0v) is 58.3. The van der Waals surface area contributed by atoms with Gasteiger partial charge in [-0.3, -0.25) is 25.0 Å². The molecule has 0 atom stereocenters. The molecule has 2 aliphatic rings. The third kappa shape index (κ3) is 23.7. The van der Waals surface area contributed by atoms with Gasteiger partial charge < -0.3 is 24.4 Å². The monoisotopic (exact) mass is 1530 g/mol. The van der Waals surface area contributed by atoms with E-state index in [4.69, 9.17) is 42.6 Å². The standard InChI is InChI=1S/C16H8N2.C14H9NO5.C13H9NO4.C12H6O3.C8H5F3O2.C8H5NO.C7H5FO2.C7H3N3/c1-18-15(10-17)16-13-8-4-2-6-11(13)12-7-3-5-9-14(12)16;16-13(10-4-2-1-3-5-10)20-14(17)11-6-8-12(9-7-11)15(18)19;15-13(18-12-7-2-1-3-8-12)10-5-4-6-11(9-10)14(16)17;13-11-8-5-1-3-7-4-2-6-9(10(7)8)12(14)15-11;9-8(10,11)6-3-1-2-5(4-6)7(12)13;9-5-7-2-1-3-8(4-7)6-10;8-6-3-1-2-5(4-6)7(9)10;8-4-6-2-1-3-10-7(6)5-9/h2-9H;1-9H;1-9H;1-6H;1-4H,(H,12,13);1-4,6H;1-4H,(H,9,10);1-3H. The van der Waals surface area contributed by atoms with Gasteiger partial charge in [0.05, 0.1) is 84.2 Å². The highest BCUT2D eigenvalue weighted by Gasteiger charge is 2.31. The van der Waals surface area contributed by atoms with Gasteiger partial charge in [0.2, 0.25) is 0 Å². The summed E-state index contributed by atoms with van der Waals surface area (Å²) in [7, 11) is 0. The van der Waals surface area contributed by atoms with Crippen molar-refractivity contribution in [3.05, 3.63) is 406 Å². The number of non-ortho nitro benzene ring substituents is 2. The van der Waals surface area contributed by atoms with Gasteiger partial charge in [0, 0.05) is 47.0 Å². The first-order valence-corrected chi connectivity index (χ1v) is 32.4. The van der Waals surface area contributed by atoms with Crippen LogP contribution in [0.3, 0.4) is 0 Å². The van der Waals surface area contributed by atoms with E-state index < -0.39 is 69.2 Å². The summed E-state index contributed by atoms with van der Waals surface area (Å²) >= 11 is 0. The summed E-state index contributed by atoms with van der Waals surface area (Å²) in [5.41, 5.74) is 6.40. The number of carboxylic acids is 2. The summed E-state index contributed by atoms with van der Waals surface area (Å²) in [5, 5.41) is 73.7. The zero-order valence-electron chi connectivity index (χ0n) is 58.3. The third-order valence-electron chi connectivity index (χ3n) is 15.1. The number of hydrogen-bond acceptors (Lipinski definition) is 20. The Morgan fingerprint density at radius 3 is 1.49 bits per heavy atom. The molecule has 0 saturated carbocycles. The van der Waals surface area contributed by atoms with E-state index in [-0.39, 0.29) is 50.6 Å². The number of para-hydroxylation sites is 1. The number of carboxylic acid groups (broad SMARTS) is 2. The number of carbonyl (C=O) groups is 8. The number of ether oxygens (including phenoxy) is 3. The summed E-state index contributed by atoms with van der Waals surface area (Å²) in [6, 6.07) is 79.1.